The van der Waals surface area contributed by atoms with Crippen LogP contribution in [0.4, 0.5) is 16.2 Å². The SMILES string of the molecule is CC[C@H](C)N(Cc1ccc(N(CC)CC)cc1OS(=O)(=O)c1ccc(NC(C)=O)cc1)C(=O)NC(C)(C)C. The van der Waals surface area contributed by atoms with Crippen molar-refractivity contribution in [2.24, 2.45) is 0 Å². The second-order valence-electron chi connectivity index (χ2n) is 10.3. The number of hydrogen-bond donors (Lipinski definition) is 2. The molecule has 2 aromatic carbocycles. The highest BCUT2D eigenvalue weighted by Crippen LogP contribution is 2.31. The van der Waals surface area contributed by atoms with Gasteiger partial charge in [-0.15, -0.1) is 0 Å². The van der Waals surface area contributed by atoms with Crippen LogP contribution in [-0.4, -0.2) is 49.9 Å². The number of carbonyl (C=O) groups is 2. The zero-order chi connectivity index (χ0) is 28.7. The standard InChI is InChI=1S/C28H42N4O5S/c1-9-20(4)32(27(34)30-28(6,7)8)19-22-12-15-24(31(10-2)11-3)18-26(22)37-38(35,36)25-16-13-23(14-17-25)29-21(5)33/h12-18,20H,9-11,19H2,1-8H3,(H,29,33)(H,30,34)/t20-/m0/s1. The number of nitrogens with zero attached hydrogens (tertiary/aromatic N) is 2. The van der Waals surface area contributed by atoms with Crippen molar-refractivity contribution in [3.8, 4) is 5.75 Å². The van der Waals surface area contributed by atoms with Crippen LogP contribution in [0.1, 0.15) is 67.4 Å². The largest absolute Gasteiger partial charge is 0.379 e. The highest BCUT2D eigenvalue weighted by Gasteiger charge is 2.26. The third-order valence-corrected chi connectivity index (χ3v) is 7.30. The van der Waals surface area contributed by atoms with E-state index in [4.69, 9.17) is 4.18 Å². The molecule has 210 valence electrons. The molecule has 0 fully saturated rings. The Kier molecular flexibility index (Phi) is 10.6. The molecule has 2 aromatic rings. The van der Waals surface area contributed by atoms with E-state index < -0.39 is 15.7 Å². The fraction of sp³-hybridized carbons (Fsp3) is 0.500. The highest BCUT2D eigenvalue weighted by molar-refractivity contribution is 7.87. The molecule has 0 saturated heterocycles. The van der Waals surface area contributed by atoms with E-state index in [2.05, 4.69) is 15.5 Å². The van der Waals surface area contributed by atoms with Crippen LogP contribution in [0.3, 0.4) is 0 Å². The number of nitrogens with one attached hydrogen (secondary N) is 2. The maximum Gasteiger partial charge on any atom is 0.339 e. The Morgan fingerprint density at radius 2 is 1.61 bits per heavy atom. The Labute approximate surface area is 227 Å². The van der Waals surface area contributed by atoms with Gasteiger partial charge in [0.1, 0.15) is 10.6 Å². The molecule has 0 heterocycles. The van der Waals surface area contributed by atoms with Gasteiger partial charge < -0.3 is 24.6 Å². The minimum atomic E-state index is -4.20. The van der Waals surface area contributed by atoms with Crippen LogP contribution in [0.5, 0.6) is 5.75 Å². The summed E-state index contributed by atoms with van der Waals surface area (Å²) in [6.07, 6.45) is 0.726. The van der Waals surface area contributed by atoms with E-state index in [9.17, 15) is 18.0 Å². The van der Waals surface area contributed by atoms with E-state index in [1.165, 1.54) is 31.2 Å². The first kappa shape index (κ1) is 31.0. The minimum absolute atomic E-state index is 0.0462. The molecule has 1 atom stereocenters. The van der Waals surface area contributed by atoms with Gasteiger partial charge in [0, 0.05) is 54.6 Å². The van der Waals surface area contributed by atoms with E-state index >= 15 is 0 Å². The zero-order valence-corrected chi connectivity index (χ0v) is 24.6. The highest BCUT2D eigenvalue weighted by atomic mass is 32.2. The lowest BCUT2D eigenvalue weighted by Gasteiger charge is -2.33. The summed E-state index contributed by atoms with van der Waals surface area (Å²) in [4.78, 5) is 28.2. The second-order valence-corrected chi connectivity index (χ2v) is 11.8. The molecule has 0 bridgehead atoms. The molecule has 0 aliphatic carbocycles. The molecule has 0 aliphatic heterocycles. The predicted octanol–water partition coefficient (Wildman–Crippen LogP) is 5.37. The summed E-state index contributed by atoms with van der Waals surface area (Å²) in [5.41, 5.74) is 1.44. The van der Waals surface area contributed by atoms with Gasteiger partial charge in [0.15, 0.2) is 0 Å². The smallest absolute Gasteiger partial charge is 0.339 e. The third-order valence-electron chi connectivity index (χ3n) is 6.05. The first-order valence-corrected chi connectivity index (χ1v) is 14.4. The lowest BCUT2D eigenvalue weighted by Crippen LogP contribution is -2.50. The van der Waals surface area contributed by atoms with Gasteiger partial charge in [-0.1, -0.05) is 13.0 Å². The number of hydrogen-bond acceptors (Lipinski definition) is 6. The van der Waals surface area contributed by atoms with Gasteiger partial charge in [-0.25, -0.2) is 4.79 Å². The van der Waals surface area contributed by atoms with Gasteiger partial charge in [-0.2, -0.15) is 8.42 Å². The summed E-state index contributed by atoms with van der Waals surface area (Å²) in [6.45, 7) is 16.8. The topological polar surface area (TPSA) is 108 Å². The molecular weight excluding hydrogens is 504 g/mol. The summed E-state index contributed by atoms with van der Waals surface area (Å²) in [7, 11) is -4.20. The van der Waals surface area contributed by atoms with Crippen LogP contribution >= 0.6 is 0 Å². The van der Waals surface area contributed by atoms with Crippen molar-refractivity contribution < 1.29 is 22.2 Å². The zero-order valence-electron chi connectivity index (χ0n) is 23.8. The molecule has 9 nitrogen and oxygen atoms in total. The van der Waals surface area contributed by atoms with Crippen molar-refractivity contribution in [3.05, 3.63) is 48.0 Å². The van der Waals surface area contributed by atoms with Crippen molar-refractivity contribution in [3.63, 3.8) is 0 Å². The summed E-state index contributed by atoms with van der Waals surface area (Å²) in [6, 6.07) is 10.9. The molecular formula is C28H42N4O5S. The normalized spacial score (nSPS) is 12.4. The third kappa shape index (κ3) is 8.65. The Bertz CT molecular complexity index is 1200. The molecule has 2 rings (SSSR count). The fourth-order valence-electron chi connectivity index (χ4n) is 3.84. The van der Waals surface area contributed by atoms with Crippen LogP contribution < -0.4 is 19.7 Å². The maximum atomic E-state index is 13.3. The number of urea groups is 1. The Morgan fingerprint density at radius 1 is 1.00 bits per heavy atom. The number of anilines is 2. The number of benzene rings is 2. The van der Waals surface area contributed by atoms with Crippen molar-refractivity contribution in [1.29, 1.82) is 0 Å². The van der Waals surface area contributed by atoms with E-state index in [0.29, 0.717) is 11.3 Å². The van der Waals surface area contributed by atoms with Gasteiger partial charge in [0.05, 0.1) is 6.54 Å². The van der Waals surface area contributed by atoms with Gasteiger partial charge >= 0.3 is 16.1 Å². The molecule has 0 radical (unpaired) electrons. The van der Waals surface area contributed by atoms with E-state index in [-0.39, 0.29) is 35.2 Å². The number of carbonyl (C=O) groups excluding carboxylic acids is 2. The summed E-state index contributed by atoms with van der Waals surface area (Å²) in [5.74, 6) is -0.0896. The molecule has 0 saturated carbocycles. The van der Waals surface area contributed by atoms with Crippen LogP contribution in [0.15, 0.2) is 47.4 Å². The molecule has 0 aromatic heterocycles. The van der Waals surface area contributed by atoms with E-state index in [1.54, 1.807) is 11.0 Å². The summed E-state index contributed by atoms with van der Waals surface area (Å²) in [5, 5.41) is 5.62. The molecule has 0 unspecified atom stereocenters. The lowest BCUT2D eigenvalue weighted by molar-refractivity contribution is -0.114. The number of amides is 3. The first-order chi connectivity index (χ1) is 17.7. The van der Waals surface area contributed by atoms with Crippen LogP contribution in [0.2, 0.25) is 0 Å². The first-order valence-electron chi connectivity index (χ1n) is 13.0. The average Bonchev–Trinajstić information content (AvgIpc) is 2.82. The fourth-order valence-corrected chi connectivity index (χ4v) is 4.79. The summed E-state index contributed by atoms with van der Waals surface area (Å²) >= 11 is 0. The monoisotopic (exact) mass is 546 g/mol. The quantitative estimate of drug-likeness (QED) is 0.367. The van der Waals surface area contributed by atoms with Crippen LogP contribution in [0, 0.1) is 0 Å². The van der Waals surface area contributed by atoms with Gasteiger partial charge in [0.25, 0.3) is 0 Å². The Balaban J connectivity index is 2.51. The minimum Gasteiger partial charge on any atom is -0.379 e. The lowest BCUT2D eigenvalue weighted by atomic mass is 10.1. The van der Waals surface area contributed by atoms with Gasteiger partial charge in [-0.3, -0.25) is 4.79 Å². The van der Waals surface area contributed by atoms with Crippen LogP contribution in [-0.2, 0) is 21.5 Å². The average molecular weight is 547 g/mol. The second kappa shape index (κ2) is 13.0. The van der Waals surface area contributed by atoms with Gasteiger partial charge in [-0.05, 0) is 78.3 Å². The summed E-state index contributed by atoms with van der Waals surface area (Å²) < 4.78 is 32.3. The van der Waals surface area contributed by atoms with Crippen molar-refractivity contribution in [1.82, 2.24) is 10.2 Å². The van der Waals surface area contributed by atoms with Crippen molar-refractivity contribution in [2.75, 3.05) is 23.3 Å². The maximum absolute atomic E-state index is 13.3. The van der Waals surface area contributed by atoms with Crippen molar-refractivity contribution in [2.45, 2.75) is 84.8 Å². The number of rotatable bonds is 11. The molecule has 10 heteroatoms. The molecule has 38 heavy (non-hydrogen) atoms. The van der Waals surface area contributed by atoms with E-state index in [0.717, 1.165) is 25.2 Å². The molecule has 3 amide bonds. The molecule has 0 aliphatic rings. The Hall–Kier alpha value is -3.27. The van der Waals surface area contributed by atoms with Gasteiger partial charge in [0.2, 0.25) is 5.91 Å². The van der Waals surface area contributed by atoms with Crippen molar-refractivity contribution >= 4 is 33.4 Å². The molecule has 0 spiro atoms. The predicted molar refractivity (Wildman–Crippen MR) is 152 cm³/mol. The van der Waals surface area contributed by atoms with E-state index in [1.807, 2.05) is 60.6 Å². The Morgan fingerprint density at radius 3 is 2.11 bits per heavy atom. The molecule has 2 N–H and O–H groups in total. The van der Waals surface area contributed by atoms with Crippen LogP contribution in [0.25, 0.3) is 0 Å².